The highest BCUT2D eigenvalue weighted by Crippen LogP contribution is 2.47. The molecule has 3 aromatic rings. The van der Waals surface area contributed by atoms with Crippen LogP contribution in [0.5, 0.6) is 0 Å². The van der Waals surface area contributed by atoms with E-state index in [1.54, 1.807) is 0 Å². The first kappa shape index (κ1) is 19.6. The molecule has 1 aromatic heterocycles. The number of aromatic nitrogens is 1. The summed E-state index contributed by atoms with van der Waals surface area (Å²) in [5.74, 6) is 1.80. The fraction of sp³-hybridized carbons (Fsp3) is 0.385. The van der Waals surface area contributed by atoms with Crippen molar-refractivity contribution >= 4 is 11.5 Å². The molecule has 2 heterocycles. The minimum Gasteiger partial charge on any atom is -0.342 e. The van der Waals surface area contributed by atoms with E-state index in [1.165, 1.54) is 28.2 Å². The second-order valence-electron chi connectivity index (χ2n) is 8.78. The molecule has 0 radical (unpaired) electrons. The molecule has 0 amide bonds. The van der Waals surface area contributed by atoms with Crippen LogP contribution in [-0.4, -0.2) is 16.7 Å². The number of benzene rings is 2. The van der Waals surface area contributed by atoms with E-state index in [1.807, 2.05) is 0 Å². The lowest BCUT2D eigenvalue weighted by Gasteiger charge is -2.37. The Bertz CT molecular complexity index is 952. The topological polar surface area (TPSA) is 11.4 Å². The lowest BCUT2D eigenvalue weighted by molar-refractivity contribution is 0.454. The van der Waals surface area contributed by atoms with Gasteiger partial charge in [-0.05, 0) is 62.1 Å². The predicted octanol–water partition coefficient (Wildman–Crippen LogP) is 6.08. The van der Waals surface area contributed by atoms with Crippen LogP contribution in [0.3, 0.4) is 0 Å². The standard InChI is InChI=1S/C26H33N3/c1-18(2)25-21(5)28(23-16-11-17-27(23)6)26(24-19(3)12-10-13-20(24)4)29(25)22-14-8-7-9-15-22/h7-18,21,25-26H,1-6H3/t21-,25?,26?/m0/s1. The smallest absolute Gasteiger partial charge is 0.130 e. The summed E-state index contributed by atoms with van der Waals surface area (Å²) in [6.45, 7) is 11.6. The summed E-state index contributed by atoms with van der Waals surface area (Å²) >= 11 is 0. The van der Waals surface area contributed by atoms with Crippen LogP contribution < -0.4 is 9.80 Å². The number of rotatable bonds is 4. The van der Waals surface area contributed by atoms with Gasteiger partial charge in [0.1, 0.15) is 12.0 Å². The molecule has 3 atom stereocenters. The molecule has 0 N–H and O–H groups in total. The molecule has 0 saturated carbocycles. The van der Waals surface area contributed by atoms with Crippen LogP contribution in [0.2, 0.25) is 0 Å². The molecule has 0 aliphatic carbocycles. The maximum absolute atomic E-state index is 2.66. The van der Waals surface area contributed by atoms with Crippen molar-refractivity contribution in [1.82, 2.24) is 4.57 Å². The van der Waals surface area contributed by atoms with Crippen molar-refractivity contribution in [3.05, 3.63) is 83.6 Å². The van der Waals surface area contributed by atoms with Gasteiger partial charge in [-0.3, -0.25) is 0 Å². The first-order chi connectivity index (χ1) is 13.9. The van der Waals surface area contributed by atoms with Crippen LogP contribution in [0.15, 0.2) is 66.9 Å². The van der Waals surface area contributed by atoms with E-state index < -0.39 is 0 Å². The molecule has 4 rings (SSSR count). The van der Waals surface area contributed by atoms with Gasteiger partial charge in [0, 0.05) is 24.5 Å². The summed E-state index contributed by atoms with van der Waals surface area (Å²) < 4.78 is 2.25. The van der Waals surface area contributed by atoms with Crippen molar-refractivity contribution in [2.45, 2.75) is 52.9 Å². The molecule has 1 saturated heterocycles. The van der Waals surface area contributed by atoms with Crippen LogP contribution in [0.1, 0.15) is 43.6 Å². The second kappa shape index (κ2) is 7.62. The van der Waals surface area contributed by atoms with Crippen LogP contribution in [-0.2, 0) is 7.05 Å². The fourth-order valence-corrected chi connectivity index (χ4v) is 5.28. The van der Waals surface area contributed by atoms with Gasteiger partial charge in [0.15, 0.2) is 0 Å². The lowest BCUT2D eigenvalue weighted by Crippen LogP contribution is -2.40. The maximum Gasteiger partial charge on any atom is 0.130 e. The highest BCUT2D eigenvalue weighted by Gasteiger charge is 2.48. The van der Waals surface area contributed by atoms with E-state index in [2.05, 4.69) is 123 Å². The molecular weight excluding hydrogens is 354 g/mol. The van der Waals surface area contributed by atoms with Gasteiger partial charge in [-0.2, -0.15) is 0 Å². The average Bonchev–Trinajstić information content (AvgIpc) is 3.23. The molecule has 0 bridgehead atoms. The zero-order chi connectivity index (χ0) is 20.7. The van der Waals surface area contributed by atoms with Crippen molar-refractivity contribution in [2.75, 3.05) is 9.80 Å². The molecule has 3 nitrogen and oxygen atoms in total. The monoisotopic (exact) mass is 387 g/mol. The minimum absolute atomic E-state index is 0.162. The SMILES string of the molecule is Cc1cccc(C)c1C1N(c2ccccc2)C(C(C)C)[C@H](C)N1c1cccn1C. The number of anilines is 2. The molecule has 1 aliphatic rings. The van der Waals surface area contributed by atoms with Gasteiger partial charge >= 0.3 is 0 Å². The van der Waals surface area contributed by atoms with Gasteiger partial charge in [0.2, 0.25) is 0 Å². The number of para-hydroxylation sites is 1. The highest BCUT2D eigenvalue weighted by atomic mass is 15.5. The van der Waals surface area contributed by atoms with Gasteiger partial charge in [-0.1, -0.05) is 50.2 Å². The van der Waals surface area contributed by atoms with Crippen molar-refractivity contribution < 1.29 is 0 Å². The molecular formula is C26H33N3. The zero-order valence-electron chi connectivity index (χ0n) is 18.5. The summed E-state index contributed by atoms with van der Waals surface area (Å²) in [6.07, 6.45) is 2.31. The van der Waals surface area contributed by atoms with E-state index in [0.29, 0.717) is 18.0 Å². The van der Waals surface area contributed by atoms with E-state index in [0.717, 1.165) is 0 Å². The Morgan fingerprint density at radius 2 is 1.45 bits per heavy atom. The van der Waals surface area contributed by atoms with Gasteiger partial charge in [0.25, 0.3) is 0 Å². The summed E-state index contributed by atoms with van der Waals surface area (Å²) in [5.41, 5.74) is 5.42. The molecule has 152 valence electrons. The Morgan fingerprint density at radius 1 is 0.793 bits per heavy atom. The number of aryl methyl sites for hydroxylation is 3. The Morgan fingerprint density at radius 3 is 2.00 bits per heavy atom. The Hall–Kier alpha value is -2.68. The number of hydrogen-bond acceptors (Lipinski definition) is 2. The molecule has 2 aromatic carbocycles. The van der Waals surface area contributed by atoms with Crippen LogP contribution in [0.4, 0.5) is 11.5 Å². The quantitative estimate of drug-likeness (QED) is 0.537. The van der Waals surface area contributed by atoms with Crippen molar-refractivity contribution in [3.63, 3.8) is 0 Å². The minimum atomic E-state index is 0.162. The Labute approximate surface area is 175 Å². The first-order valence-corrected chi connectivity index (χ1v) is 10.7. The zero-order valence-corrected chi connectivity index (χ0v) is 18.5. The lowest BCUT2D eigenvalue weighted by atomic mass is 9.96. The largest absolute Gasteiger partial charge is 0.342 e. The van der Waals surface area contributed by atoms with Gasteiger partial charge in [-0.15, -0.1) is 0 Å². The summed E-state index contributed by atoms with van der Waals surface area (Å²) in [5, 5.41) is 0. The van der Waals surface area contributed by atoms with Gasteiger partial charge in [0.05, 0.1) is 12.1 Å². The third kappa shape index (κ3) is 3.23. The van der Waals surface area contributed by atoms with E-state index >= 15 is 0 Å². The predicted molar refractivity (Wildman–Crippen MR) is 124 cm³/mol. The fourth-order valence-electron chi connectivity index (χ4n) is 5.28. The van der Waals surface area contributed by atoms with Gasteiger partial charge < -0.3 is 14.4 Å². The van der Waals surface area contributed by atoms with Crippen molar-refractivity contribution in [3.8, 4) is 0 Å². The first-order valence-electron chi connectivity index (χ1n) is 10.7. The van der Waals surface area contributed by atoms with Crippen LogP contribution >= 0.6 is 0 Å². The van der Waals surface area contributed by atoms with Crippen LogP contribution in [0, 0.1) is 19.8 Å². The van der Waals surface area contributed by atoms with E-state index in [-0.39, 0.29) is 6.17 Å². The molecule has 1 fully saturated rings. The van der Waals surface area contributed by atoms with Gasteiger partial charge in [-0.25, -0.2) is 0 Å². The molecule has 3 heteroatoms. The molecule has 29 heavy (non-hydrogen) atoms. The number of hydrogen-bond donors (Lipinski definition) is 0. The van der Waals surface area contributed by atoms with E-state index in [4.69, 9.17) is 0 Å². The van der Waals surface area contributed by atoms with Crippen molar-refractivity contribution in [2.24, 2.45) is 13.0 Å². The maximum atomic E-state index is 2.66. The molecule has 0 spiro atoms. The highest BCUT2D eigenvalue weighted by molar-refractivity contribution is 5.61. The molecule has 2 unspecified atom stereocenters. The summed E-state index contributed by atoms with van der Waals surface area (Å²) in [7, 11) is 2.15. The second-order valence-corrected chi connectivity index (χ2v) is 8.78. The third-order valence-electron chi connectivity index (χ3n) is 6.50. The third-order valence-corrected chi connectivity index (χ3v) is 6.50. The average molecular weight is 388 g/mol. The Kier molecular flexibility index (Phi) is 5.16. The van der Waals surface area contributed by atoms with E-state index in [9.17, 15) is 0 Å². The molecule has 1 aliphatic heterocycles. The van der Waals surface area contributed by atoms with Crippen molar-refractivity contribution in [1.29, 1.82) is 0 Å². The Balaban J connectivity index is 1.99. The summed E-state index contributed by atoms with van der Waals surface area (Å²) in [4.78, 5) is 5.30. The number of nitrogens with zero attached hydrogens (tertiary/aromatic N) is 3. The van der Waals surface area contributed by atoms with Crippen LogP contribution in [0.25, 0.3) is 0 Å². The normalized spacial score (nSPS) is 22.0. The summed E-state index contributed by atoms with van der Waals surface area (Å²) in [6, 6.07) is 22.8.